The van der Waals surface area contributed by atoms with Crippen LogP contribution in [0, 0.1) is 12.8 Å². The Kier molecular flexibility index (Phi) is 11.0. The molecule has 0 aromatic heterocycles. The highest BCUT2D eigenvalue weighted by atomic mass is 35.5. The molecule has 0 aliphatic heterocycles. The minimum atomic E-state index is -4.16. The van der Waals surface area contributed by atoms with Crippen molar-refractivity contribution in [2.24, 2.45) is 5.92 Å². The number of rotatable bonds is 12. The van der Waals surface area contributed by atoms with Crippen LogP contribution in [0.15, 0.2) is 77.7 Å². The van der Waals surface area contributed by atoms with E-state index in [2.05, 4.69) is 5.32 Å². The van der Waals surface area contributed by atoms with Crippen molar-refractivity contribution >= 4 is 50.7 Å². The van der Waals surface area contributed by atoms with Crippen LogP contribution in [0.1, 0.15) is 38.3 Å². The van der Waals surface area contributed by atoms with Crippen LogP contribution in [0.25, 0.3) is 0 Å². The zero-order valence-electron chi connectivity index (χ0n) is 23.1. The standard InChI is InChI=1S/C30H35Cl2N3O4S/c1-5-27(30(37)33-18-21(2)3)34(19-23-11-9-10-14-26(23)32)29(36)20-35(28-16-15-24(31)17-22(28)4)40(38,39)25-12-7-6-8-13-25/h6-17,21,27H,5,18-20H2,1-4H3,(H,33,37)/t27-/m0/s1. The predicted molar refractivity (Wildman–Crippen MR) is 161 cm³/mol. The van der Waals surface area contributed by atoms with Crippen molar-refractivity contribution < 1.29 is 18.0 Å². The Labute approximate surface area is 247 Å². The monoisotopic (exact) mass is 603 g/mol. The molecule has 0 unspecified atom stereocenters. The zero-order chi connectivity index (χ0) is 29.4. The van der Waals surface area contributed by atoms with Gasteiger partial charge in [-0.05, 0) is 66.8 Å². The average Bonchev–Trinajstić information content (AvgIpc) is 2.92. The number of hydrogen-bond donors (Lipinski definition) is 1. The molecule has 3 rings (SSSR count). The van der Waals surface area contributed by atoms with Gasteiger partial charge in [-0.1, -0.05) is 80.4 Å². The summed E-state index contributed by atoms with van der Waals surface area (Å²) in [5.41, 5.74) is 1.54. The molecule has 1 atom stereocenters. The molecule has 10 heteroatoms. The van der Waals surface area contributed by atoms with Crippen LogP contribution in [-0.2, 0) is 26.2 Å². The summed E-state index contributed by atoms with van der Waals surface area (Å²) in [6.07, 6.45) is 0.325. The summed E-state index contributed by atoms with van der Waals surface area (Å²) < 4.78 is 28.9. The number of sulfonamides is 1. The summed E-state index contributed by atoms with van der Waals surface area (Å²) in [7, 11) is -4.16. The summed E-state index contributed by atoms with van der Waals surface area (Å²) in [4.78, 5) is 28.8. The Hall–Kier alpha value is -3.07. The van der Waals surface area contributed by atoms with Crippen molar-refractivity contribution in [2.45, 2.75) is 51.6 Å². The summed E-state index contributed by atoms with van der Waals surface area (Å²) in [5, 5.41) is 3.80. The lowest BCUT2D eigenvalue weighted by Crippen LogP contribution is -2.52. The third kappa shape index (κ3) is 7.77. The van der Waals surface area contributed by atoms with E-state index in [-0.39, 0.29) is 23.3 Å². The molecule has 0 aliphatic carbocycles. The summed E-state index contributed by atoms with van der Waals surface area (Å²) >= 11 is 12.6. The molecular formula is C30H35Cl2N3O4S. The van der Waals surface area contributed by atoms with Crippen molar-refractivity contribution in [1.82, 2.24) is 10.2 Å². The molecule has 0 saturated carbocycles. The molecule has 0 radical (unpaired) electrons. The van der Waals surface area contributed by atoms with E-state index in [4.69, 9.17) is 23.2 Å². The molecule has 0 saturated heterocycles. The first-order valence-electron chi connectivity index (χ1n) is 13.1. The van der Waals surface area contributed by atoms with Gasteiger partial charge in [-0.3, -0.25) is 13.9 Å². The quantitative estimate of drug-likeness (QED) is 0.272. The second-order valence-corrected chi connectivity index (χ2v) is 12.6. The molecule has 0 bridgehead atoms. The largest absolute Gasteiger partial charge is 0.354 e. The Morgan fingerprint density at radius 2 is 1.60 bits per heavy atom. The van der Waals surface area contributed by atoms with Gasteiger partial charge in [0.15, 0.2) is 0 Å². The van der Waals surface area contributed by atoms with E-state index in [1.165, 1.54) is 17.0 Å². The number of amides is 2. The maximum atomic E-state index is 14.1. The van der Waals surface area contributed by atoms with Crippen LogP contribution in [0.4, 0.5) is 5.69 Å². The van der Waals surface area contributed by atoms with Crippen molar-refractivity contribution in [3.8, 4) is 0 Å². The smallest absolute Gasteiger partial charge is 0.264 e. The van der Waals surface area contributed by atoms with E-state index in [0.717, 1.165) is 4.31 Å². The van der Waals surface area contributed by atoms with Gasteiger partial charge in [-0.2, -0.15) is 0 Å². The maximum absolute atomic E-state index is 14.1. The molecule has 40 heavy (non-hydrogen) atoms. The first kappa shape index (κ1) is 31.5. The highest BCUT2D eigenvalue weighted by molar-refractivity contribution is 7.92. The molecule has 214 valence electrons. The van der Waals surface area contributed by atoms with Crippen LogP contribution in [0.2, 0.25) is 10.0 Å². The molecule has 3 aromatic rings. The molecule has 7 nitrogen and oxygen atoms in total. The van der Waals surface area contributed by atoms with Crippen molar-refractivity contribution in [3.63, 3.8) is 0 Å². The summed E-state index contributed by atoms with van der Waals surface area (Å²) in [5.74, 6) is -0.634. The van der Waals surface area contributed by atoms with Gasteiger partial charge in [0.25, 0.3) is 10.0 Å². The molecule has 0 spiro atoms. The number of aryl methyl sites for hydroxylation is 1. The van der Waals surface area contributed by atoms with Gasteiger partial charge in [-0.15, -0.1) is 0 Å². The normalized spacial score (nSPS) is 12.2. The topological polar surface area (TPSA) is 86.8 Å². The third-order valence-electron chi connectivity index (χ3n) is 6.41. The van der Waals surface area contributed by atoms with Gasteiger partial charge in [-0.25, -0.2) is 8.42 Å². The number of anilines is 1. The summed E-state index contributed by atoms with van der Waals surface area (Å²) in [6.45, 7) is 7.46. The number of carbonyl (C=O) groups is 2. The lowest BCUT2D eigenvalue weighted by atomic mass is 10.1. The molecule has 3 aromatic carbocycles. The number of nitrogens with zero attached hydrogens (tertiary/aromatic N) is 2. The van der Waals surface area contributed by atoms with Crippen molar-refractivity contribution in [1.29, 1.82) is 0 Å². The van der Waals surface area contributed by atoms with Gasteiger partial charge in [0.1, 0.15) is 12.6 Å². The Morgan fingerprint density at radius 3 is 2.20 bits per heavy atom. The fourth-order valence-corrected chi connectivity index (χ4v) is 6.21. The van der Waals surface area contributed by atoms with E-state index in [1.807, 2.05) is 20.8 Å². The van der Waals surface area contributed by atoms with Crippen LogP contribution in [0.3, 0.4) is 0 Å². The second kappa shape index (κ2) is 14.0. The van der Waals surface area contributed by atoms with Crippen molar-refractivity contribution in [3.05, 3.63) is 94.0 Å². The molecule has 2 amide bonds. The molecule has 0 fully saturated rings. The molecular weight excluding hydrogens is 569 g/mol. The Morgan fingerprint density at radius 1 is 0.950 bits per heavy atom. The lowest BCUT2D eigenvalue weighted by molar-refractivity contribution is -0.140. The Balaban J connectivity index is 2.08. The van der Waals surface area contributed by atoms with Gasteiger partial charge in [0.05, 0.1) is 10.6 Å². The lowest BCUT2D eigenvalue weighted by Gasteiger charge is -2.34. The van der Waals surface area contributed by atoms with E-state index in [9.17, 15) is 18.0 Å². The zero-order valence-corrected chi connectivity index (χ0v) is 25.4. The first-order chi connectivity index (χ1) is 18.9. The van der Waals surface area contributed by atoms with Gasteiger partial charge in [0.2, 0.25) is 11.8 Å². The third-order valence-corrected chi connectivity index (χ3v) is 8.78. The van der Waals surface area contributed by atoms with Crippen LogP contribution in [0.5, 0.6) is 0 Å². The summed E-state index contributed by atoms with van der Waals surface area (Å²) in [6, 6.07) is 19.0. The average molecular weight is 605 g/mol. The SMILES string of the molecule is CC[C@@H](C(=O)NCC(C)C)N(Cc1ccccc1Cl)C(=O)CN(c1ccc(Cl)cc1C)S(=O)(=O)c1ccccc1. The highest BCUT2D eigenvalue weighted by Gasteiger charge is 2.34. The number of benzene rings is 3. The van der Waals surface area contributed by atoms with Crippen LogP contribution in [-0.4, -0.2) is 44.3 Å². The van der Waals surface area contributed by atoms with Gasteiger partial charge in [0, 0.05) is 23.1 Å². The predicted octanol–water partition coefficient (Wildman–Crippen LogP) is 6.08. The van der Waals surface area contributed by atoms with Crippen molar-refractivity contribution in [2.75, 3.05) is 17.4 Å². The van der Waals surface area contributed by atoms with E-state index in [1.54, 1.807) is 67.6 Å². The fourth-order valence-electron chi connectivity index (χ4n) is 4.28. The van der Waals surface area contributed by atoms with E-state index < -0.39 is 28.5 Å². The minimum absolute atomic E-state index is 0.0327. The number of nitrogens with one attached hydrogen (secondary N) is 1. The fraction of sp³-hybridized carbons (Fsp3) is 0.333. The molecule has 0 heterocycles. The van der Waals surface area contributed by atoms with Gasteiger partial charge < -0.3 is 10.2 Å². The minimum Gasteiger partial charge on any atom is -0.354 e. The molecule has 0 aliphatic rings. The van der Waals surface area contributed by atoms with Crippen LogP contribution >= 0.6 is 23.2 Å². The molecule has 1 N–H and O–H groups in total. The second-order valence-electron chi connectivity index (χ2n) is 9.93. The van der Waals surface area contributed by atoms with E-state index in [0.29, 0.717) is 39.8 Å². The maximum Gasteiger partial charge on any atom is 0.264 e. The van der Waals surface area contributed by atoms with Gasteiger partial charge >= 0.3 is 0 Å². The Bertz CT molecular complexity index is 1430. The van der Waals surface area contributed by atoms with E-state index >= 15 is 0 Å². The van der Waals surface area contributed by atoms with Crippen LogP contribution < -0.4 is 9.62 Å². The number of halogens is 2. The first-order valence-corrected chi connectivity index (χ1v) is 15.3. The number of carbonyl (C=O) groups excluding carboxylic acids is 2. The number of hydrogen-bond acceptors (Lipinski definition) is 4. The highest BCUT2D eigenvalue weighted by Crippen LogP contribution is 2.30.